The van der Waals surface area contributed by atoms with Crippen molar-refractivity contribution < 1.29 is 32.6 Å². The molecule has 4 aromatic rings. The van der Waals surface area contributed by atoms with E-state index in [0.717, 1.165) is 17.3 Å². The van der Waals surface area contributed by atoms with Gasteiger partial charge in [0.05, 0.1) is 19.2 Å². The van der Waals surface area contributed by atoms with E-state index in [9.17, 15) is 23.2 Å². The first kappa shape index (κ1) is 29.1. The van der Waals surface area contributed by atoms with Crippen molar-refractivity contribution in [2.75, 3.05) is 13.1 Å². The average Bonchev–Trinajstić information content (AvgIpc) is 3.72. The Balaban J connectivity index is 1.19. The number of H-pyrrole nitrogens is 1. The van der Waals surface area contributed by atoms with Crippen molar-refractivity contribution in [1.82, 2.24) is 25.5 Å². The van der Waals surface area contributed by atoms with Crippen molar-refractivity contribution in [3.63, 3.8) is 0 Å². The van der Waals surface area contributed by atoms with Crippen molar-refractivity contribution in [3.8, 4) is 10.8 Å². The Morgan fingerprint density at radius 3 is 2.79 bits per heavy atom. The first-order chi connectivity index (χ1) is 20.3. The summed E-state index contributed by atoms with van der Waals surface area (Å²) in [5, 5.41) is 6.87. The number of aryl methyl sites for hydroxylation is 1. The number of ether oxygens (including phenoxy) is 2. The topological polar surface area (TPSA) is 126 Å². The molecule has 0 radical (unpaired) electrons. The highest BCUT2D eigenvalue weighted by Gasteiger charge is 2.41. The first-order valence-electron chi connectivity index (χ1n) is 13.4. The number of aromatic nitrogens is 2. The molecular formula is C29H29F2N5O5S. The fraction of sp³-hybridized carbons (Fsp3) is 0.310. The van der Waals surface area contributed by atoms with Gasteiger partial charge in [-0.3, -0.25) is 19.4 Å². The lowest BCUT2D eigenvalue weighted by Crippen LogP contribution is -2.49. The van der Waals surface area contributed by atoms with E-state index < -0.39 is 43.0 Å². The van der Waals surface area contributed by atoms with Crippen molar-refractivity contribution in [2.24, 2.45) is 0 Å². The SMILES string of the molecule is CCc1ccc(Oc2cccc(C(=O)NCC(=O)N3C[C@H](OC(F)F)C[C@H]3C(=O)NCc3cc4cnccc4[nH]3)c2)s1. The molecule has 1 fully saturated rings. The summed E-state index contributed by atoms with van der Waals surface area (Å²) in [6.45, 7) is -1.51. The van der Waals surface area contributed by atoms with Crippen LogP contribution in [0.3, 0.4) is 0 Å². The largest absolute Gasteiger partial charge is 0.447 e. The number of aromatic amines is 1. The van der Waals surface area contributed by atoms with Gasteiger partial charge in [0, 0.05) is 52.4 Å². The lowest BCUT2D eigenvalue weighted by atomic mass is 10.1. The number of benzene rings is 1. The number of nitrogens with zero attached hydrogens (tertiary/aromatic N) is 2. The summed E-state index contributed by atoms with van der Waals surface area (Å²) >= 11 is 1.51. The van der Waals surface area contributed by atoms with Crippen molar-refractivity contribution in [3.05, 3.63) is 77.1 Å². The Morgan fingerprint density at radius 1 is 1.17 bits per heavy atom. The number of amides is 3. The number of nitrogens with one attached hydrogen (secondary N) is 3. The molecule has 4 heterocycles. The van der Waals surface area contributed by atoms with E-state index in [4.69, 9.17) is 4.74 Å². The molecule has 5 rings (SSSR count). The molecule has 1 aromatic carbocycles. The first-order valence-corrected chi connectivity index (χ1v) is 14.2. The molecule has 1 aliphatic rings. The predicted molar refractivity (Wildman–Crippen MR) is 151 cm³/mol. The zero-order valence-corrected chi connectivity index (χ0v) is 23.5. The fourth-order valence-corrected chi connectivity index (χ4v) is 5.59. The van der Waals surface area contributed by atoms with Gasteiger partial charge in [-0.15, -0.1) is 11.3 Å². The van der Waals surface area contributed by atoms with Crippen LogP contribution in [0.4, 0.5) is 8.78 Å². The number of likely N-dealkylation sites (tertiary alicyclic amines) is 1. The second-order valence-electron chi connectivity index (χ2n) is 9.68. The minimum absolute atomic E-state index is 0.103. The summed E-state index contributed by atoms with van der Waals surface area (Å²) in [4.78, 5) is 48.6. The van der Waals surface area contributed by atoms with Crippen LogP contribution in [0.15, 0.2) is 60.9 Å². The monoisotopic (exact) mass is 597 g/mol. The van der Waals surface area contributed by atoms with Gasteiger partial charge in [0.25, 0.3) is 5.91 Å². The van der Waals surface area contributed by atoms with E-state index in [1.165, 1.54) is 21.1 Å². The number of carbonyl (C=O) groups excluding carboxylic acids is 3. The molecule has 3 amide bonds. The number of hydrogen-bond acceptors (Lipinski definition) is 7. The van der Waals surface area contributed by atoms with Gasteiger partial charge in [0.15, 0.2) is 5.06 Å². The zero-order chi connectivity index (χ0) is 29.6. The molecule has 0 bridgehead atoms. The number of thiophene rings is 1. The van der Waals surface area contributed by atoms with Gasteiger partial charge in [-0.25, -0.2) is 0 Å². The summed E-state index contributed by atoms with van der Waals surface area (Å²) in [6, 6.07) is 13.0. The van der Waals surface area contributed by atoms with Crippen LogP contribution in [-0.2, 0) is 27.3 Å². The molecule has 0 unspecified atom stereocenters. The number of halogens is 2. The van der Waals surface area contributed by atoms with Gasteiger partial charge in [0.2, 0.25) is 11.8 Å². The molecule has 2 atom stereocenters. The molecule has 0 saturated carbocycles. The van der Waals surface area contributed by atoms with Crippen molar-refractivity contribution in [1.29, 1.82) is 0 Å². The number of pyridine rings is 1. The number of rotatable bonds is 11. The Bertz CT molecular complexity index is 1540. The molecule has 3 aromatic heterocycles. The van der Waals surface area contributed by atoms with Crippen LogP contribution >= 0.6 is 11.3 Å². The van der Waals surface area contributed by atoms with Gasteiger partial charge < -0.3 is 30.0 Å². The van der Waals surface area contributed by atoms with Crippen LogP contribution in [0.25, 0.3) is 10.9 Å². The normalized spacial score (nSPS) is 16.6. The zero-order valence-electron chi connectivity index (χ0n) is 22.6. The van der Waals surface area contributed by atoms with E-state index in [1.54, 1.807) is 42.7 Å². The van der Waals surface area contributed by atoms with E-state index in [0.29, 0.717) is 16.5 Å². The molecule has 1 saturated heterocycles. The molecule has 10 nitrogen and oxygen atoms in total. The Hall–Kier alpha value is -4.36. The van der Waals surface area contributed by atoms with E-state index >= 15 is 0 Å². The predicted octanol–water partition coefficient (Wildman–Crippen LogP) is 4.23. The number of hydrogen-bond donors (Lipinski definition) is 3. The number of carbonyl (C=O) groups is 3. The summed E-state index contributed by atoms with van der Waals surface area (Å²) in [6.07, 6.45) is 3.08. The van der Waals surface area contributed by atoms with Gasteiger partial charge >= 0.3 is 6.61 Å². The third-order valence-electron chi connectivity index (χ3n) is 6.81. The number of alkyl halides is 2. The van der Waals surface area contributed by atoms with Gasteiger partial charge in [-0.1, -0.05) is 13.0 Å². The summed E-state index contributed by atoms with van der Waals surface area (Å²) in [7, 11) is 0. The quantitative estimate of drug-likeness (QED) is 0.238. The van der Waals surface area contributed by atoms with Gasteiger partial charge in [-0.2, -0.15) is 8.78 Å². The van der Waals surface area contributed by atoms with Crippen LogP contribution in [0.2, 0.25) is 0 Å². The Kier molecular flexibility index (Phi) is 9.08. The Morgan fingerprint density at radius 2 is 2.02 bits per heavy atom. The standard InChI is InChI=1S/C29H29F2N5O5S/c1-2-22-6-7-26(42-22)40-20-5-3-4-17(11-20)27(38)34-15-25(37)36-16-21(41-29(30)31)12-24(36)28(39)33-14-19-10-18-13-32-9-8-23(18)35-19/h3-11,13,21,24,29,35H,2,12,14-16H2,1H3,(H,33,39)(H,34,38)/t21-,24+/m1/s1. The summed E-state index contributed by atoms with van der Waals surface area (Å²) in [5.74, 6) is -1.17. The average molecular weight is 598 g/mol. The van der Waals surface area contributed by atoms with Crippen molar-refractivity contribution >= 4 is 40.0 Å². The van der Waals surface area contributed by atoms with E-state index in [1.807, 2.05) is 25.1 Å². The molecule has 220 valence electrons. The molecule has 42 heavy (non-hydrogen) atoms. The lowest BCUT2D eigenvalue weighted by Gasteiger charge is -2.24. The Labute approximate surface area is 244 Å². The maximum atomic E-state index is 13.1. The number of fused-ring (bicyclic) bond motifs is 1. The van der Waals surface area contributed by atoms with E-state index in [2.05, 4.69) is 25.3 Å². The minimum Gasteiger partial charge on any atom is -0.447 e. The summed E-state index contributed by atoms with van der Waals surface area (Å²) in [5.41, 5.74) is 1.84. The molecule has 3 N–H and O–H groups in total. The minimum atomic E-state index is -3.05. The van der Waals surface area contributed by atoms with Crippen LogP contribution < -0.4 is 15.4 Å². The van der Waals surface area contributed by atoms with Crippen LogP contribution in [0.1, 0.15) is 34.3 Å². The molecule has 1 aliphatic heterocycles. The maximum Gasteiger partial charge on any atom is 0.345 e. The molecule has 13 heteroatoms. The summed E-state index contributed by atoms with van der Waals surface area (Å²) < 4.78 is 36.4. The second kappa shape index (κ2) is 13.1. The van der Waals surface area contributed by atoms with Crippen LogP contribution in [0.5, 0.6) is 10.8 Å². The van der Waals surface area contributed by atoms with Gasteiger partial charge in [0.1, 0.15) is 11.8 Å². The van der Waals surface area contributed by atoms with Gasteiger partial charge in [-0.05, 0) is 48.9 Å². The van der Waals surface area contributed by atoms with Crippen molar-refractivity contribution in [2.45, 2.75) is 45.1 Å². The van der Waals surface area contributed by atoms with Crippen LogP contribution in [0, 0.1) is 0 Å². The highest BCUT2D eigenvalue weighted by molar-refractivity contribution is 7.13. The third-order valence-corrected chi connectivity index (χ3v) is 7.92. The second-order valence-corrected chi connectivity index (χ2v) is 10.8. The fourth-order valence-electron chi connectivity index (χ4n) is 4.77. The molecule has 0 spiro atoms. The highest BCUT2D eigenvalue weighted by Crippen LogP contribution is 2.30. The van der Waals surface area contributed by atoms with Crippen LogP contribution in [-0.4, -0.2) is 64.4 Å². The van der Waals surface area contributed by atoms with E-state index in [-0.39, 0.29) is 25.1 Å². The third kappa shape index (κ3) is 7.09. The molecule has 0 aliphatic carbocycles. The lowest BCUT2D eigenvalue weighted by molar-refractivity contribution is -0.160. The smallest absolute Gasteiger partial charge is 0.345 e. The highest BCUT2D eigenvalue weighted by atomic mass is 32.1. The molecular weight excluding hydrogens is 568 g/mol. The maximum absolute atomic E-state index is 13.1.